The Kier molecular flexibility index (Phi) is 6.55. The van der Waals surface area contributed by atoms with E-state index in [4.69, 9.17) is 4.74 Å². The third kappa shape index (κ3) is 5.74. The highest BCUT2D eigenvalue weighted by molar-refractivity contribution is 5.66. The molecule has 1 aromatic carbocycles. The molecule has 3 nitrogen and oxygen atoms in total. The summed E-state index contributed by atoms with van der Waals surface area (Å²) in [7, 11) is 0. The van der Waals surface area contributed by atoms with Gasteiger partial charge < -0.3 is 14.6 Å². The van der Waals surface area contributed by atoms with E-state index >= 15 is 0 Å². The van der Waals surface area contributed by atoms with Crippen molar-refractivity contribution in [3.05, 3.63) is 41.0 Å². The molecule has 0 aromatic heterocycles. The van der Waals surface area contributed by atoms with Crippen LogP contribution in [0.15, 0.2) is 35.4 Å². The van der Waals surface area contributed by atoms with Crippen molar-refractivity contribution < 1.29 is 14.6 Å². The minimum Gasteiger partial charge on any atom is -0.550 e. The summed E-state index contributed by atoms with van der Waals surface area (Å²) in [4.78, 5) is 10.8. The molecule has 0 heterocycles. The fourth-order valence-electron chi connectivity index (χ4n) is 1.73. The maximum absolute atomic E-state index is 10.8. The van der Waals surface area contributed by atoms with Gasteiger partial charge in [0.25, 0.3) is 0 Å². The molecule has 1 aromatic rings. The monoisotopic (exact) mass is 285 g/mol. The van der Waals surface area contributed by atoms with Crippen molar-refractivity contribution >= 4 is 5.97 Å². The van der Waals surface area contributed by atoms with Gasteiger partial charge in [-0.05, 0) is 51.0 Å². The first-order valence-electron chi connectivity index (χ1n) is 6.92. The summed E-state index contributed by atoms with van der Waals surface area (Å²) in [5.74, 6) is 4.98. The van der Waals surface area contributed by atoms with E-state index in [0.29, 0.717) is 6.61 Å². The Morgan fingerprint density at radius 3 is 2.33 bits per heavy atom. The minimum atomic E-state index is -1.10. The minimum absolute atomic E-state index is 0.0993. The molecule has 0 amide bonds. The molecule has 0 unspecified atom stereocenters. The van der Waals surface area contributed by atoms with E-state index in [1.54, 1.807) is 6.92 Å². The van der Waals surface area contributed by atoms with Crippen molar-refractivity contribution in [2.45, 2.75) is 40.0 Å². The number of carbonyl (C=O) groups is 1. The highest BCUT2D eigenvalue weighted by Gasteiger charge is 2.09. The molecule has 112 valence electrons. The molecule has 0 aliphatic heterocycles. The Morgan fingerprint density at radius 2 is 1.86 bits per heavy atom. The second-order valence-corrected chi connectivity index (χ2v) is 5.16. The normalized spacial score (nSPS) is 11.0. The zero-order chi connectivity index (χ0) is 15.8. The van der Waals surface area contributed by atoms with Crippen molar-refractivity contribution in [1.82, 2.24) is 0 Å². The molecular formula is C18H21O3-. The topological polar surface area (TPSA) is 49.4 Å². The lowest BCUT2D eigenvalue weighted by Crippen LogP contribution is -2.24. The van der Waals surface area contributed by atoms with Gasteiger partial charge in [0.1, 0.15) is 12.4 Å². The number of carboxylic acids is 1. The summed E-state index contributed by atoms with van der Waals surface area (Å²) < 4.78 is 5.68. The third-order valence-electron chi connectivity index (χ3n) is 3.28. The van der Waals surface area contributed by atoms with Crippen molar-refractivity contribution in [3.8, 4) is 17.6 Å². The summed E-state index contributed by atoms with van der Waals surface area (Å²) in [6.07, 6.45) is -0.0993. The Labute approximate surface area is 126 Å². The number of allylic oxidation sites excluding steroid dienone is 1. The molecule has 0 bridgehead atoms. The van der Waals surface area contributed by atoms with Crippen LogP contribution in [0.4, 0.5) is 0 Å². The van der Waals surface area contributed by atoms with Crippen molar-refractivity contribution in [2.24, 2.45) is 0 Å². The van der Waals surface area contributed by atoms with Crippen LogP contribution in [0.1, 0.15) is 45.6 Å². The van der Waals surface area contributed by atoms with E-state index < -0.39 is 5.97 Å². The number of carbonyl (C=O) groups excluding carboxylic acids is 1. The average molecular weight is 285 g/mol. The first-order valence-corrected chi connectivity index (χ1v) is 6.92. The van der Waals surface area contributed by atoms with Gasteiger partial charge in [0.05, 0.1) is 5.92 Å². The van der Waals surface area contributed by atoms with Gasteiger partial charge in [-0.3, -0.25) is 0 Å². The predicted molar refractivity (Wildman–Crippen MR) is 81.8 cm³/mol. The van der Waals surface area contributed by atoms with Crippen LogP contribution in [-0.4, -0.2) is 12.6 Å². The van der Waals surface area contributed by atoms with E-state index in [1.807, 2.05) is 31.2 Å². The van der Waals surface area contributed by atoms with Gasteiger partial charge in [-0.15, -0.1) is 5.92 Å². The van der Waals surface area contributed by atoms with Crippen molar-refractivity contribution in [3.63, 3.8) is 0 Å². The van der Waals surface area contributed by atoms with E-state index in [2.05, 4.69) is 25.7 Å². The molecule has 0 radical (unpaired) electrons. The molecule has 0 aliphatic rings. The number of hydrogen-bond donors (Lipinski definition) is 0. The molecule has 0 N–H and O–H groups in total. The Bertz CT molecular complexity index is 567. The summed E-state index contributed by atoms with van der Waals surface area (Å²) in [5, 5.41) is 10.8. The number of carboxylic acid groups (broad SMARTS) is 1. The van der Waals surface area contributed by atoms with Crippen LogP contribution in [0.25, 0.3) is 0 Å². The summed E-state index contributed by atoms with van der Waals surface area (Å²) >= 11 is 0. The summed E-state index contributed by atoms with van der Waals surface area (Å²) in [6, 6.07) is 7.39. The van der Waals surface area contributed by atoms with Crippen LogP contribution in [0, 0.1) is 11.8 Å². The van der Waals surface area contributed by atoms with Gasteiger partial charge in [-0.2, -0.15) is 0 Å². The predicted octanol–water partition coefficient (Wildman–Crippen LogP) is 2.67. The van der Waals surface area contributed by atoms with Gasteiger partial charge in [0, 0.05) is 12.4 Å². The fourth-order valence-corrected chi connectivity index (χ4v) is 1.73. The van der Waals surface area contributed by atoms with E-state index in [-0.39, 0.29) is 12.3 Å². The quantitative estimate of drug-likeness (QED) is 0.596. The molecule has 0 fully saturated rings. The maximum atomic E-state index is 10.8. The van der Waals surface area contributed by atoms with Crippen molar-refractivity contribution in [2.75, 3.05) is 6.61 Å². The third-order valence-corrected chi connectivity index (χ3v) is 3.28. The highest BCUT2D eigenvalue weighted by atomic mass is 16.5. The average Bonchev–Trinajstić information content (AvgIpc) is 2.44. The van der Waals surface area contributed by atoms with Crippen molar-refractivity contribution in [1.29, 1.82) is 0 Å². The Morgan fingerprint density at radius 1 is 1.24 bits per heavy atom. The largest absolute Gasteiger partial charge is 0.550 e. The lowest BCUT2D eigenvalue weighted by Gasteiger charge is -2.13. The number of benzene rings is 1. The second-order valence-electron chi connectivity index (χ2n) is 5.16. The van der Waals surface area contributed by atoms with Crippen LogP contribution < -0.4 is 9.84 Å². The Hall–Kier alpha value is -2.21. The standard InChI is InChI=1S/C18H22O3/c1-5-6-16(11-18(19)20)15-7-9-17(10-8-15)21-12-14(4)13(2)3/h7-10,16H,11-12H2,1-4H3,(H,19,20)/p-1/t16-/m0/s1. The van der Waals surface area contributed by atoms with Gasteiger partial charge in [0.15, 0.2) is 0 Å². The fraction of sp³-hybridized carbons (Fsp3) is 0.389. The molecule has 1 rings (SSSR count). The van der Waals surface area contributed by atoms with Crippen LogP contribution >= 0.6 is 0 Å². The number of rotatable bonds is 6. The molecule has 0 saturated heterocycles. The zero-order valence-electron chi connectivity index (χ0n) is 13.0. The highest BCUT2D eigenvalue weighted by Crippen LogP contribution is 2.22. The molecule has 3 heteroatoms. The molecule has 0 aliphatic carbocycles. The number of hydrogen-bond acceptors (Lipinski definition) is 3. The summed E-state index contributed by atoms with van der Waals surface area (Å²) in [5.41, 5.74) is 3.31. The zero-order valence-corrected chi connectivity index (χ0v) is 13.0. The molecular weight excluding hydrogens is 264 g/mol. The van der Waals surface area contributed by atoms with Gasteiger partial charge in [-0.25, -0.2) is 0 Å². The molecule has 0 saturated carbocycles. The van der Waals surface area contributed by atoms with Crippen LogP contribution in [-0.2, 0) is 4.79 Å². The first kappa shape index (κ1) is 16.8. The van der Waals surface area contributed by atoms with E-state index in [9.17, 15) is 9.90 Å². The molecule has 1 atom stereocenters. The Balaban J connectivity index is 2.77. The molecule has 0 spiro atoms. The van der Waals surface area contributed by atoms with E-state index in [0.717, 1.165) is 11.3 Å². The SMILES string of the molecule is CC#C[C@@H](CC(=O)[O-])c1ccc(OCC(C)=C(C)C)cc1. The first-order chi connectivity index (χ1) is 9.93. The van der Waals surface area contributed by atoms with Gasteiger partial charge in [-0.1, -0.05) is 23.6 Å². The second kappa shape index (κ2) is 8.16. The lowest BCUT2D eigenvalue weighted by molar-refractivity contribution is -0.305. The smallest absolute Gasteiger partial charge is 0.119 e. The van der Waals surface area contributed by atoms with Crippen LogP contribution in [0.3, 0.4) is 0 Å². The summed E-state index contributed by atoms with van der Waals surface area (Å²) in [6.45, 7) is 8.39. The van der Waals surface area contributed by atoms with Gasteiger partial charge >= 0.3 is 0 Å². The maximum Gasteiger partial charge on any atom is 0.119 e. The van der Waals surface area contributed by atoms with Gasteiger partial charge in [0.2, 0.25) is 0 Å². The lowest BCUT2D eigenvalue weighted by atomic mass is 9.96. The van der Waals surface area contributed by atoms with Crippen LogP contribution in [0.5, 0.6) is 5.75 Å². The molecule has 21 heavy (non-hydrogen) atoms. The van der Waals surface area contributed by atoms with E-state index in [1.165, 1.54) is 11.1 Å². The number of aliphatic carboxylic acids is 1. The van der Waals surface area contributed by atoms with Crippen LogP contribution in [0.2, 0.25) is 0 Å². The number of ether oxygens (including phenoxy) is 1.